The summed E-state index contributed by atoms with van der Waals surface area (Å²) in [6.07, 6.45) is 2.02. The van der Waals surface area contributed by atoms with E-state index in [2.05, 4.69) is 12.2 Å². The molecule has 3 nitrogen and oxygen atoms in total. The molecule has 1 aliphatic heterocycles. The number of carbonyl (C=O) groups excluding carboxylic acids is 1. The second kappa shape index (κ2) is 8.57. The van der Waals surface area contributed by atoms with E-state index in [0.29, 0.717) is 11.5 Å². The van der Waals surface area contributed by atoms with Crippen molar-refractivity contribution in [3.63, 3.8) is 0 Å². The lowest BCUT2D eigenvalue weighted by atomic mass is 9.96. The van der Waals surface area contributed by atoms with Crippen LogP contribution in [0, 0.1) is 11.7 Å². The maximum atomic E-state index is 13.1. The summed E-state index contributed by atoms with van der Waals surface area (Å²) in [4.78, 5) is 14.1. The standard InChI is InChI=1S/C15H20ClFN2O.ClH/c1-2-18-10-11-5-7-19(8-6-11)15(20)12-3-4-14(17)13(16)9-12;/h3-4,9,11,18H,2,5-8,10H2,1H3;1H. The van der Waals surface area contributed by atoms with Crippen LogP contribution in [-0.2, 0) is 0 Å². The number of likely N-dealkylation sites (tertiary alicyclic amines) is 1. The van der Waals surface area contributed by atoms with Crippen LogP contribution < -0.4 is 5.32 Å². The molecular formula is C15H21Cl2FN2O. The van der Waals surface area contributed by atoms with Crippen LogP contribution in [0.25, 0.3) is 0 Å². The molecule has 1 N–H and O–H groups in total. The van der Waals surface area contributed by atoms with Crippen molar-refractivity contribution >= 4 is 29.9 Å². The first-order chi connectivity index (χ1) is 9.61. The van der Waals surface area contributed by atoms with Crippen LogP contribution >= 0.6 is 24.0 Å². The zero-order valence-electron chi connectivity index (χ0n) is 12.1. The summed E-state index contributed by atoms with van der Waals surface area (Å²) in [6, 6.07) is 4.14. The highest BCUT2D eigenvalue weighted by atomic mass is 35.5. The molecule has 0 spiro atoms. The highest BCUT2D eigenvalue weighted by Crippen LogP contribution is 2.21. The maximum Gasteiger partial charge on any atom is 0.253 e. The summed E-state index contributed by atoms with van der Waals surface area (Å²) >= 11 is 5.72. The van der Waals surface area contributed by atoms with E-state index in [1.165, 1.54) is 18.2 Å². The molecule has 0 radical (unpaired) electrons. The van der Waals surface area contributed by atoms with Crippen molar-refractivity contribution in [2.24, 2.45) is 5.92 Å². The van der Waals surface area contributed by atoms with Crippen LogP contribution in [0.15, 0.2) is 18.2 Å². The van der Waals surface area contributed by atoms with E-state index >= 15 is 0 Å². The van der Waals surface area contributed by atoms with E-state index in [1.54, 1.807) is 0 Å². The van der Waals surface area contributed by atoms with Gasteiger partial charge in [-0.05, 0) is 50.0 Å². The van der Waals surface area contributed by atoms with Gasteiger partial charge in [-0.3, -0.25) is 4.79 Å². The fraction of sp³-hybridized carbons (Fsp3) is 0.533. The zero-order valence-corrected chi connectivity index (χ0v) is 13.6. The Labute approximate surface area is 136 Å². The van der Waals surface area contributed by atoms with Crippen LogP contribution in [-0.4, -0.2) is 37.0 Å². The van der Waals surface area contributed by atoms with E-state index in [-0.39, 0.29) is 23.3 Å². The van der Waals surface area contributed by atoms with E-state index in [4.69, 9.17) is 11.6 Å². The average molecular weight is 335 g/mol. The monoisotopic (exact) mass is 334 g/mol. The SMILES string of the molecule is CCNCC1CCN(C(=O)c2ccc(F)c(Cl)c2)CC1.Cl. The quantitative estimate of drug-likeness (QED) is 0.915. The molecule has 2 rings (SSSR count). The zero-order chi connectivity index (χ0) is 14.5. The number of hydrogen-bond acceptors (Lipinski definition) is 2. The topological polar surface area (TPSA) is 32.3 Å². The highest BCUT2D eigenvalue weighted by molar-refractivity contribution is 6.31. The van der Waals surface area contributed by atoms with Gasteiger partial charge in [-0.25, -0.2) is 4.39 Å². The molecular weight excluding hydrogens is 314 g/mol. The van der Waals surface area contributed by atoms with E-state index in [0.717, 1.165) is 39.0 Å². The first kappa shape index (κ1) is 18.2. The van der Waals surface area contributed by atoms with Crippen LogP contribution in [0.4, 0.5) is 4.39 Å². The molecule has 1 heterocycles. The third-order valence-electron chi connectivity index (χ3n) is 3.75. The molecule has 6 heteroatoms. The van der Waals surface area contributed by atoms with Crippen molar-refractivity contribution in [3.05, 3.63) is 34.6 Å². The molecule has 1 saturated heterocycles. The lowest BCUT2D eigenvalue weighted by molar-refractivity contribution is 0.0690. The molecule has 0 aliphatic carbocycles. The van der Waals surface area contributed by atoms with Crippen molar-refractivity contribution < 1.29 is 9.18 Å². The van der Waals surface area contributed by atoms with Gasteiger partial charge >= 0.3 is 0 Å². The lowest BCUT2D eigenvalue weighted by Crippen LogP contribution is -2.40. The summed E-state index contributed by atoms with van der Waals surface area (Å²) in [7, 11) is 0. The normalized spacial score (nSPS) is 15.7. The van der Waals surface area contributed by atoms with Crippen LogP contribution in [0.1, 0.15) is 30.1 Å². The summed E-state index contributed by atoms with van der Waals surface area (Å²) < 4.78 is 13.1. The second-order valence-electron chi connectivity index (χ2n) is 5.17. The molecule has 1 fully saturated rings. The summed E-state index contributed by atoms with van der Waals surface area (Å²) in [5.74, 6) is 0.0807. The Morgan fingerprint density at radius 1 is 1.43 bits per heavy atom. The van der Waals surface area contributed by atoms with Crippen molar-refractivity contribution in [2.75, 3.05) is 26.2 Å². The number of amides is 1. The molecule has 1 aromatic carbocycles. The number of carbonyl (C=O) groups is 1. The molecule has 21 heavy (non-hydrogen) atoms. The molecule has 1 aromatic rings. The number of nitrogens with zero attached hydrogens (tertiary/aromatic N) is 1. The first-order valence-corrected chi connectivity index (χ1v) is 7.44. The number of halogens is 3. The molecule has 0 saturated carbocycles. The second-order valence-corrected chi connectivity index (χ2v) is 5.58. The highest BCUT2D eigenvalue weighted by Gasteiger charge is 2.23. The smallest absolute Gasteiger partial charge is 0.253 e. The molecule has 0 aromatic heterocycles. The number of benzene rings is 1. The van der Waals surface area contributed by atoms with Gasteiger partial charge in [-0.1, -0.05) is 18.5 Å². The van der Waals surface area contributed by atoms with Gasteiger partial charge in [-0.2, -0.15) is 0 Å². The average Bonchev–Trinajstić information content (AvgIpc) is 2.48. The van der Waals surface area contributed by atoms with Crippen molar-refractivity contribution in [3.8, 4) is 0 Å². The van der Waals surface area contributed by atoms with Gasteiger partial charge in [0.2, 0.25) is 0 Å². The third-order valence-corrected chi connectivity index (χ3v) is 4.04. The predicted molar refractivity (Wildman–Crippen MR) is 85.8 cm³/mol. The number of hydrogen-bond donors (Lipinski definition) is 1. The fourth-order valence-corrected chi connectivity index (χ4v) is 2.68. The van der Waals surface area contributed by atoms with Gasteiger partial charge in [0, 0.05) is 18.7 Å². The Morgan fingerprint density at radius 3 is 2.67 bits per heavy atom. The Hall–Kier alpha value is -0.840. The number of rotatable bonds is 4. The third kappa shape index (κ3) is 4.83. The maximum absolute atomic E-state index is 13.1. The Morgan fingerprint density at radius 2 is 2.10 bits per heavy atom. The Bertz CT molecular complexity index is 477. The Kier molecular flexibility index (Phi) is 7.43. The van der Waals surface area contributed by atoms with Gasteiger partial charge in [0.05, 0.1) is 5.02 Å². The minimum atomic E-state index is -0.493. The predicted octanol–water partition coefficient (Wildman–Crippen LogP) is 3.36. The van der Waals surface area contributed by atoms with E-state index in [9.17, 15) is 9.18 Å². The number of piperidine rings is 1. The first-order valence-electron chi connectivity index (χ1n) is 7.07. The van der Waals surface area contributed by atoms with Crippen molar-refractivity contribution in [1.82, 2.24) is 10.2 Å². The summed E-state index contributed by atoms with van der Waals surface area (Å²) in [5, 5.41) is 3.34. The summed E-state index contributed by atoms with van der Waals surface area (Å²) in [5.41, 5.74) is 0.460. The molecule has 0 unspecified atom stereocenters. The van der Waals surface area contributed by atoms with Gasteiger partial charge in [-0.15, -0.1) is 12.4 Å². The minimum Gasteiger partial charge on any atom is -0.339 e. The largest absolute Gasteiger partial charge is 0.339 e. The van der Waals surface area contributed by atoms with E-state index < -0.39 is 5.82 Å². The van der Waals surface area contributed by atoms with Crippen LogP contribution in [0.3, 0.4) is 0 Å². The van der Waals surface area contributed by atoms with Gasteiger partial charge in [0.15, 0.2) is 0 Å². The van der Waals surface area contributed by atoms with Crippen LogP contribution in [0.2, 0.25) is 5.02 Å². The minimum absolute atomic E-state index is 0. The van der Waals surface area contributed by atoms with Crippen LogP contribution in [0.5, 0.6) is 0 Å². The van der Waals surface area contributed by atoms with Crippen molar-refractivity contribution in [1.29, 1.82) is 0 Å². The van der Waals surface area contributed by atoms with Crippen molar-refractivity contribution in [2.45, 2.75) is 19.8 Å². The summed E-state index contributed by atoms with van der Waals surface area (Å²) in [6.45, 7) is 5.60. The molecule has 0 bridgehead atoms. The molecule has 1 aliphatic rings. The molecule has 0 atom stereocenters. The van der Waals surface area contributed by atoms with Gasteiger partial charge in [0.1, 0.15) is 5.82 Å². The fourth-order valence-electron chi connectivity index (χ4n) is 2.50. The number of nitrogens with one attached hydrogen (secondary N) is 1. The molecule has 1 amide bonds. The molecule has 118 valence electrons. The lowest BCUT2D eigenvalue weighted by Gasteiger charge is -2.32. The van der Waals surface area contributed by atoms with E-state index in [1.807, 2.05) is 4.90 Å². The van der Waals surface area contributed by atoms with Gasteiger partial charge < -0.3 is 10.2 Å². The van der Waals surface area contributed by atoms with Gasteiger partial charge in [0.25, 0.3) is 5.91 Å². The Balaban J connectivity index is 0.00000220.